The van der Waals surface area contributed by atoms with Crippen molar-refractivity contribution in [2.75, 3.05) is 14.2 Å². The Balaban J connectivity index is 1.55. The zero-order chi connectivity index (χ0) is 16.1. The number of furan rings is 1. The molecule has 3 heterocycles. The molecule has 3 rings (SSSR count). The van der Waals surface area contributed by atoms with Crippen LogP contribution in [0.4, 0.5) is 0 Å². The Morgan fingerprint density at radius 3 is 3.22 bits per heavy atom. The Morgan fingerprint density at radius 1 is 1.57 bits per heavy atom. The minimum atomic E-state index is 0.273. The van der Waals surface area contributed by atoms with Crippen LogP contribution in [-0.2, 0) is 30.9 Å². The van der Waals surface area contributed by atoms with Gasteiger partial charge in [0.25, 0.3) is 0 Å². The number of aliphatic imine (C=N–C) groups is 1. The van der Waals surface area contributed by atoms with E-state index in [1.54, 1.807) is 26.7 Å². The largest absolute Gasteiger partial charge is 0.472 e. The lowest BCUT2D eigenvalue weighted by Gasteiger charge is -2.25. The third-order valence-electron chi connectivity index (χ3n) is 3.78. The van der Waals surface area contributed by atoms with Crippen LogP contribution >= 0.6 is 0 Å². The van der Waals surface area contributed by atoms with Gasteiger partial charge in [-0.15, -0.1) is 0 Å². The van der Waals surface area contributed by atoms with Gasteiger partial charge >= 0.3 is 0 Å². The summed E-state index contributed by atoms with van der Waals surface area (Å²) in [4.78, 5) is 8.76. The summed E-state index contributed by atoms with van der Waals surface area (Å²) in [7, 11) is 3.42. The molecule has 0 amide bonds. The number of fused-ring (bicyclic) bond motifs is 1. The van der Waals surface area contributed by atoms with Gasteiger partial charge in [-0.3, -0.25) is 4.99 Å². The summed E-state index contributed by atoms with van der Waals surface area (Å²) in [5.41, 5.74) is 1.08. The summed E-state index contributed by atoms with van der Waals surface area (Å²) >= 11 is 0. The highest BCUT2D eigenvalue weighted by Crippen LogP contribution is 2.13. The number of aromatic nitrogens is 3. The fourth-order valence-electron chi connectivity index (χ4n) is 2.64. The summed E-state index contributed by atoms with van der Waals surface area (Å²) in [6.07, 6.45) is 5.28. The molecule has 1 unspecified atom stereocenters. The molecule has 0 aromatic carbocycles. The first kappa shape index (κ1) is 15.5. The molecule has 23 heavy (non-hydrogen) atoms. The zero-order valence-electron chi connectivity index (χ0n) is 13.5. The number of hydrogen-bond acceptors (Lipinski definition) is 5. The lowest BCUT2D eigenvalue weighted by atomic mass is 10.1. The van der Waals surface area contributed by atoms with E-state index in [2.05, 4.69) is 25.7 Å². The predicted molar refractivity (Wildman–Crippen MR) is 84.9 cm³/mol. The molecule has 0 saturated heterocycles. The fourth-order valence-corrected chi connectivity index (χ4v) is 2.64. The second-order valence-electron chi connectivity index (χ2n) is 5.50. The molecule has 0 fully saturated rings. The third-order valence-corrected chi connectivity index (χ3v) is 3.78. The number of hydrogen-bond donors (Lipinski definition) is 2. The standard InChI is InChI=1S/C15H22N6O2/c1-16-15(17-7-11-5-6-23-9-11)18-12-3-4-14-19-13(10-22-2)20-21(14)8-12/h5-6,9,12H,3-4,7-8,10H2,1-2H3,(H2,16,17,18). The minimum Gasteiger partial charge on any atom is -0.472 e. The van der Waals surface area contributed by atoms with Crippen molar-refractivity contribution in [2.45, 2.75) is 38.6 Å². The van der Waals surface area contributed by atoms with E-state index in [1.165, 1.54) is 0 Å². The predicted octanol–water partition coefficient (Wildman–Crippen LogP) is 0.697. The summed E-state index contributed by atoms with van der Waals surface area (Å²) in [5.74, 6) is 2.54. The molecule has 8 heteroatoms. The first-order valence-corrected chi connectivity index (χ1v) is 7.68. The van der Waals surface area contributed by atoms with Gasteiger partial charge in [0.2, 0.25) is 0 Å². The Hall–Kier alpha value is -2.35. The lowest BCUT2D eigenvalue weighted by molar-refractivity contribution is 0.177. The third kappa shape index (κ3) is 3.89. The topological polar surface area (TPSA) is 89.5 Å². The molecular weight excluding hydrogens is 296 g/mol. The van der Waals surface area contributed by atoms with E-state index in [0.29, 0.717) is 13.2 Å². The van der Waals surface area contributed by atoms with E-state index in [1.807, 2.05) is 10.7 Å². The number of methoxy groups -OCH3 is 1. The summed E-state index contributed by atoms with van der Waals surface area (Å²) < 4.78 is 12.1. The number of ether oxygens (including phenoxy) is 1. The minimum absolute atomic E-state index is 0.273. The average molecular weight is 318 g/mol. The number of guanidine groups is 1. The maximum absolute atomic E-state index is 5.09. The fraction of sp³-hybridized carbons (Fsp3) is 0.533. The Kier molecular flexibility index (Phi) is 4.92. The lowest BCUT2D eigenvalue weighted by Crippen LogP contribution is -2.46. The van der Waals surface area contributed by atoms with E-state index in [9.17, 15) is 0 Å². The molecule has 8 nitrogen and oxygen atoms in total. The van der Waals surface area contributed by atoms with Crippen LogP contribution in [0.5, 0.6) is 0 Å². The molecule has 1 atom stereocenters. The molecule has 1 aliphatic heterocycles. The monoisotopic (exact) mass is 318 g/mol. The molecule has 2 N–H and O–H groups in total. The first-order chi connectivity index (χ1) is 11.3. The molecule has 2 aromatic heterocycles. The summed E-state index contributed by atoms with van der Waals surface area (Å²) in [6, 6.07) is 2.20. The normalized spacial score (nSPS) is 17.8. The van der Waals surface area contributed by atoms with Crippen molar-refractivity contribution in [2.24, 2.45) is 4.99 Å². The van der Waals surface area contributed by atoms with Crippen LogP contribution in [0.15, 0.2) is 28.0 Å². The molecule has 2 aromatic rings. The SMILES string of the molecule is CN=C(NCc1ccoc1)NC1CCc2nc(COC)nn2C1. The molecule has 0 spiro atoms. The van der Waals surface area contributed by atoms with Gasteiger partial charge in [-0.2, -0.15) is 5.10 Å². The molecule has 0 radical (unpaired) electrons. The van der Waals surface area contributed by atoms with E-state index in [0.717, 1.165) is 42.6 Å². The van der Waals surface area contributed by atoms with Gasteiger partial charge in [0.15, 0.2) is 11.8 Å². The van der Waals surface area contributed by atoms with Crippen molar-refractivity contribution >= 4 is 5.96 Å². The van der Waals surface area contributed by atoms with Crippen LogP contribution in [0.25, 0.3) is 0 Å². The van der Waals surface area contributed by atoms with Gasteiger partial charge in [0.05, 0.1) is 19.1 Å². The number of nitrogens with one attached hydrogen (secondary N) is 2. The number of aryl methyl sites for hydroxylation is 1. The van der Waals surface area contributed by atoms with Crippen molar-refractivity contribution in [1.82, 2.24) is 25.4 Å². The average Bonchev–Trinajstić information content (AvgIpc) is 3.20. The first-order valence-electron chi connectivity index (χ1n) is 7.68. The van der Waals surface area contributed by atoms with Crippen LogP contribution in [0, 0.1) is 0 Å². The van der Waals surface area contributed by atoms with E-state index in [4.69, 9.17) is 9.15 Å². The highest BCUT2D eigenvalue weighted by atomic mass is 16.5. The molecule has 1 aliphatic rings. The van der Waals surface area contributed by atoms with E-state index < -0.39 is 0 Å². The summed E-state index contributed by atoms with van der Waals surface area (Å²) in [5, 5.41) is 11.2. The van der Waals surface area contributed by atoms with Gasteiger partial charge in [-0.05, 0) is 12.5 Å². The Morgan fingerprint density at radius 2 is 2.48 bits per heavy atom. The molecular formula is C15H22N6O2. The van der Waals surface area contributed by atoms with Gasteiger partial charge in [-0.25, -0.2) is 9.67 Å². The maximum atomic E-state index is 5.09. The van der Waals surface area contributed by atoms with E-state index >= 15 is 0 Å². The van der Waals surface area contributed by atoms with Gasteiger partial charge in [0.1, 0.15) is 12.4 Å². The summed E-state index contributed by atoms with van der Waals surface area (Å²) in [6.45, 7) is 1.90. The van der Waals surface area contributed by atoms with Crippen LogP contribution in [0.2, 0.25) is 0 Å². The van der Waals surface area contributed by atoms with Crippen LogP contribution in [0.1, 0.15) is 23.6 Å². The van der Waals surface area contributed by atoms with Crippen LogP contribution in [-0.4, -0.2) is 40.9 Å². The van der Waals surface area contributed by atoms with Crippen molar-refractivity contribution in [3.05, 3.63) is 35.8 Å². The second-order valence-corrected chi connectivity index (χ2v) is 5.50. The van der Waals surface area contributed by atoms with Crippen molar-refractivity contribution < 1.29 is 9.15 Å². The van der Waals surface area contributed by atoms with Crippen molar-refractivity contribution in [1.29, 1.82) is 0 Å². The Labute approximate surface area is 134 Å². The highest BCUT2D eigenvalue weighted by molar-refractivity contribution is 5.79. The zero-order valence-corrected chi connectivity index (χ0v) is 13.5. The highest BCUT2D eigenvalue weighted by Gasteiger charge is 2.22. The van der Waals surface area contributed by atoms with Crippen LogP contribution < -0.4 is 10.6 Å². The van der Waals surface area contributed by atoms with Gasteiger partial charge < -0.3 is 19.8 Å². The molecule has 0 saturated carbocycles. The smallest absolute Gasteiger partial charge is 0.191 e. The van der Waals surface area contributed by atoms with Gasteiger partial charge in [0, 0.05) is 38.7 Å². The molecule has 0 bridgehead atoms. The van der Waals surface area contributed by atoms with E-state index in [-0.39, 0.29) is 6.04 Å². The molecule has 0 aliphatic carbocycles. The van der Waals surface area contributed by atoms with Crippen molar-refractivity contribution in [3.63, 3.8) is 0 Å². The molecule has 124 valence electrons. The number of nitrogens with zero attached hydrogens (tertiary/aromatic N) is 4. The van der Waals surface area contributed by atoms with Crippen molar-refractivity contribution in [3.8, 4) is 0 Å². The number of rotatable bonds is 5. The second kappa shape index (κ2) is 7.28. The van der Waals surface area contributed by atoms with Crippen LogP contribution in [0.3, 0.4) is 0 Å². The quantitative estimate of drug-likeness (QED) is 0.623. The maximum Gasteiger partial charge on any atom is 0.191 e. The Bertz CT molecular complexity index is 649. The van der Waals surface area contributed by atoms with Gasteiger partial charge in [-0.1, -0.05) is 0 Å².